The van der Waals surface area contributed by atoms with Gasteiger partial charge in [0, 0.05) is 19.8 Å². The van der Waals surface area contributed by atoms with Crippen LogP contribution in [0.25, 0.3) is 0 Å². The minimum atomic E-state index is -1.29. The van der Waals surface area contributed by atoms with Gasteiger partial charge in [0.1, 0.15) is 13.2 Å². The van der Waals surface area contributed by atoms with Gasteiger partial charge in [-0.05, 0) is 6.92 Å². The molecule has 0 aromatic rings. The largest absolute Gasteiger partial charge is 0.457 e. The van der Waals surface area contributed by atoms with Crippen LogP contribution in [0.5, 0.6) is 0 Å². The Kier molecular flexibility index (Phi) is 5.37. The van der Waals surface area contributed by atoms with E-state index in [4.69, 9.17) is 19.3 Å². The smallest absolute Gasteiger partial charge is 0.333 e. The molecule has 0 aliphatic rings. The van der Waals surface area contributed by atoms with E-state index in [1.165, 1.54) is 21.1 Å². The lowest BCUT2D eigenvalue weighted by atomic mass is 10.3. The Bertz CT molecular complexity index is 199. The summed E-state index contributed by atoms with van der Waals surface area (Å²) in [6.07, 6.45) is 0. The van der Waals surface area contributed by atoms with Crippen LogP contribution in [0.1, 0.15) is 6.92 Å². The van der Waals surface area contributed by atoms with Gasteiger partial charge < -0.3 is 19.3 Å². The molecule has 0 aromatic carbocycles. The predicted octanol–water partition coefficient (Wildman–Crippen LogP) is 0.0871. The third-order valence-corrected chi connectivity index (χ3v) is 1.76. The molecular weight excluding hydrogens is 188 g/mol. The van der Waals surface area contributed by atoms with Crippen LogP contribution in [-0.4, -0.2) is 44.3 Å². The molecular formula is C9H16O5. The van der Waals surface area contributed by atoms with Gasteiger partial charge in [0.2, 0.25) is 5.79 Å². The summed E-state index contributed by atoms with van der Waals surface area (Å²) in [5, 5.41) is 8.96. The zero-order valence-corrected chi connectivity index (χ0v) is 8.70. The minimum absolute atomic E-state index is 0.178. The molecule has 14 heavy (non-hydrogen) atoms. The van der Waals surface area contributed by atoms with Crippen molar-refractivity contribution in [1.29, 1.82) is 0 Å². The Morgan fingerprint density at radius 1 is 1.43 bits per heavy atom. The van der Waals surface area contributed by atoms with Crippen LogP contribution in [0.3, 0.4) is 0 Å². The van der Waals surface area contributed by atoms with Crippen LogP contribution >= 0.6 is 0 Å². The van der Waals surface area contributed by atoms with Crippen molar-refractivity contribution in [3.8, 4) is 0 Å². The van der Waals surface area contributed by atoms with Gasteiger partial charge in [0.15, 0.2) is 0 Å². The lowest BCUT2D eigenvalue weighted by Gasteiger charge is -2.27. The van der Waals surface area contributed by atoms with Crippen molar-refractivity contribution < 1.29 is 24.1 Å². The Labute approximate surface area is 83.3 Å². The summed E-state index contributed by atoms with van der Waals surface area (Å²) in [5.41, 5.74) is 0.282. The molecule has 0 fully saturated rings. The summed E-state index contributed by atoms with van der Waals surface area (Å²) in [5.74, 6) is -1.83. The number of carbonyl (C=O) groups excluding carboxylic acids is 1. The molecule has 0 saturated carbocycles. The van der Waals surface area contributed by atoms with E-state index in [-0.39, 0.29) is 12.2 Å². The Hall–Kier alpha value is -0.910. The highest BCUT2D eigenvalue weighted by Crippen LogP contribution is 2.11. The number of hydrogen-bond acceptors (Lipinski definition) is 5. The van der Waals surface area contributed by atoms with Gasteiger partial charge in [-0.15, -0.1) is 0 Å². The second-order valence-corrected chi connectivity index (χ2v) is 2.83. The first-order valence-corrected chi connectivity index (χ1v) is 4.05. The highest BCUT2D eigenvalue weighted by Gasteiger charge is 2.30. The lowest BCUT2D eigenvalue weighted by molar-refractivity contribution is -0.249. The third-order valence-electron chi connectivity index (χ3n) is 1.76. The van der Waals surface area contributed by atoms with Crippen molar-refractivity contribution in [1.82, 2.24) is 0 Å². The van der Waals surface area contributed by atoms with Gasteiger partial charge in [-0.3, -0.25) is 0 Å². The summed E-state index contributed by atoms with van der Waals surface area (Å²) in [6, 6.07) is 0. The lowest BCUT2D eigenvalue weighted by Crippen LogP contribution is -2.43. The molecule has 5 nitrogen and oxygen atoms in total. The fourth-order valence-electron chi connectivity index (χ4n) is 0.675. The van der Waals surface area contributed by atoms with Crippen molar-refractivity contribution in [2.24, 2.45) is 0 Å². The highest BCUT2D eigenvalue weighted by molar-refractivity contribution is 5.86. The average Bonchev–Trinajstić information content (AvgIpc) is 2.20. The Balaban J connectivity index is 4.19. The molecule has 0 spiro atoms. The van der Waals surface area contributed by atoms with Crippen LogP contribution in [0.4, 0.5) is 0 Å². The highest BCUT2D eigenvalue weighted by atomic mass is 16.7. The van der Waals surface area contributed by atoms with Gasteiger partial charge >= 0.3 is 5.97 Å². The van der Waals surface area contributed by atoms with Crippen molar-refractivity contribution in [3.63, 3.8) is 0 Å². The standard InChI is InChI=1S/C9H16O5/c1-7(2)8(11)14-6-9(5-10,12-3)13-4/h10H,1,5-6H2,2-4H3. The molecule has 0 unspecified atom stereocenters. The number of ether oxygens (including phenoxy) is 3. The zero-order chi connectivity index (χ0) is 11.2. The molecule has 0 aliphatic heterocycles. The molecule has 82 valence electrons. The zero-order valence-electron chi connectivity index (χ0n) is 8.70. The van der Waals surface area contributed by atoms with Crippen LogP contribution in [0.2, 0.25) is 0 Å². The normalized spacial score (nSPS) is 11.1. The van der Waals surface area contributed by atoms with Gasteiger partial charge in [0.25, 0.3) is 0 Å². The average molecular weight is 204 g/mol. The fourth-order valence-corrected chi connectivity index (χ4v) is 0.675. The summed E-state index contributed by atoms with van der Waals surface area (Å²) >= 11 is 0. The summed E-state index contributed by atoms with van der Waals surface area (Å²) in [6.45, 7) is 4.37. The number of methoxy groups -OCH3 is 2. The van der Waals surface area contributed by atoms with Crippen molar-refractivity contribution in [2.45, 2.75) is 12.7 Å². The number of hydrogen-bond donors (Lipinski definition) is 1. The SMILES string of the molecule is C=C(C)C(=O)OCC(CO)(OC)OC. The second-order valence-electron chi connectivity index (χ2n) is 2.83. The van der Waals surface area contributed by atoms with E-state index in [9.17, 15) is 4.79 Å². The van der Waals surface area contributed by atoms with E-state index in [1.807, 2.05) is 0 Å². The molecule has 0 amide bonds. The Morgan fingerprint density at radius 2 is 1.93 bits per heavy atom. The van der Waals surface area contributed by atoms with E-state index >= 15 is 0 Å². The molecule has 5 heteroatoms. The van der Waals surface area contributed by atoms with Crippen LogP contribution < -0.4 is 0 Å². The maximum absolute atomic E-state index is 11.0. The molecule has 0 aromatic heterocycles. The predicted molar refractivity (Wildman–Crippen MR) is 49.6 cm³/mol. The van der Waals surface area contributed by atoms with Gasteiger partial charge in [-0.2, -0.15) is 0 Å². The first-order valence-electron chi connectivity index (χ1n) is 4.05. The van der Waals surface area contributed by atoms with E-state index in [0.717, 1.165) is 0 Å². The number of esters is 1. The minimum Gasteiger partial charge on any atom is -0.457 e. The van der Waals surface area contributed by atoms with E-state index in [1.54, 1.807) is 0 Å². The van der Waals surface area contributed by atoms with Crippen LogP contribution in [-0.2, 0) is 19.0 Å². The van der Waals surface area contributed by atoms with E-state index in [2.05, 4.69) is 6.58 Å². The molecule has 0 saturated heterocycles. The van der Waals surface area contributed by atoms with Crippen molar-refractivity contribution in [2.75, 3.05) is 27.4 Å². The van der Waals surface area contributed by atoms with E-state index < -0.39 is 18.4 Å². The van der Waals surface area contributed by atoms with Gasteiger partial charge in [-0.1, -0.05) is 6.58 Å². The number of rotatable bonds is 6. The quantitative estimate of drug-likeness (QED) is 0.377. The first kappa shape index (κ1) is 13.1. The van der Waals surface area contributed by atoms with Gasteiger partial charge in [-0.25, -0.2) is 4.79 Å². The Morgan fingerprint density at radius 3 is 2.21 bits per heavy atom. The maximum atomic E-state index is 11.0. The molecule has 0 radical (unpaired) electrons. The molecule has 1 N–H and O–H groups in total. The summed E-state index contributed by atoms with van der Waals surface area (Å²) in [4.78, 5) is 11.0. The molecule has 0 aliphatic carbocycles. The number of carbonyl (C=O) groups is 1. The molecule has 0 atom stereocenters. The number of aliphatic hydroxyl groups is 1. The molecule has 0 rings (SSSR count). The molecule has 0 bridgehead atoms. The topological polar surface area (TPSA) is 65.0 Å². The third kappa shape index (κ3) is 3.45. The maximum Gasteiger partial charge on any atom is 0.333 e. The second kappa shape index (κ2) is 5.74. The number of aliphatic hydroxyl groups excluding tert-OH is 1. The fraction of sp³-hybridized carbons (Fsp3) is 0.667. The van der Waals surface area contributed by atoms with Crippen molar-refractivity contribution >= 4 is 5.97 Å². The van der Waals surface area contributed by atoms with Gasteiger partial charge in [0.05, 0.1) is 0 Å². The van der Waals surface area contributed by atoms with Crippen LogP contribution in [0, 0.1) is 0 Å². The van der Waals surface area contributed by atoms with E-state index in [0.29, 0.717) is 0 Å². The molecule has 0 heterocycles. The summed E-state index contributed by atoms with van der Waals surface area (Å²) < 4.78 is 14.6. The summed E-state index contributed by atoms with van der Waals surface area (Å²) in [7, 11) is 2.71. The van der Waals surface area contributed by atoms with Crippen LogP contribution in [0.15, 0.2) is 12.2 Å². The first-order chi connectivity index (χ1) is 6.51. The van der Waals surface area contributed by atoms with Crippen molar-refractivity contribution in [3.05, 3.63) is 12.2 Å². The monoisotopic (exact) mass is 204 g/mol.